The summed E-state index contributed by atoms with van der Waals surface area (Å²) in [5, 5.41) is 2.90. The molecule has 2 heterocycles. The Hall–Kier alpha value is -2.91. The summed E-state index contributed by atoms with van der Waals surface area (Å²) < 4.78 is 35.3. The van der Waals surface area contributed by atoms with Gasteiger partial charge in [-0.1, -0.05) is 19.1 Å². The molecule has 0 spiro atoms. The van der Waals surface area contributed by atoms with E-state index in [1.165, 1.54) is 0 Å². The standard InChI is InChI=1S/C26H34N4O4S/c1-3-14-30-24-10-9-22(35(32,33)29-15-4-5-16-29)19-23(24)28-25(30)11-12-26(31)27-13-17-34-21-8-6-7-20(2)18-21/h6-10,18-19H,3-5,11-17H2,1-2H3,(H,27,31). The second-order valence-electron chi connectivity index (χ2n) is 8.96. The molecule has 0 aliphatic carbocycles. The van der Waals surface area contributed by atoms with Gasteiger partial charge in [0.1, 0.15) is 18.2 Å². The fourth-order valence-electron chi connectivity index (χ4n) is 4.44. The second kappa shape index (κ2) is 11.2. The van der Waals surface area contributed by atoms with Crippen LogP contribution in [0.15, 0.2) is 47.4 Å². The van der Waals surface area contributed by atoms with Crippen LogP contribution in [0.3, 0.4) is 0 Å². The highest BCUT2D eigenvalue weighted by Crippen LogP contribution is 2.26. The van der Waals surface area contributed by atoms with Crippen LogP contribution in [0, 0.1) is 6.92 Å². The van der Waals surface area contributed by atoms with Gasteiger partial charge in [-0.15, -0.1) is 0 Å². The van der Waals surface area contributed by atoms with Crippen LogP contribution in [0.4, 0.5) is 0 Å². The first-order valence-electron chi connectivity index (χ1n) is 12.3. The Balaban J connectivity index is 1.38. The van der Waals surface area contributed by atoms with Crippen LogP contribution >= 0.6 is 0 Å². The zero-order valence-corrected chi connectivity index (χ0v) is 21.3. The molecule has 0 radical (unpaired) electrons. The van der Waals surface area contributed by atoms with Gasteiger partial charge in [0.2, 0.25) is 15.9 Å². The molecule has 3 aromatic rings. The first kappa shape index (κ1) is 25.2. The van der Waals surface area contributed by atoms with E-state index in [4.69, 9.17) is 9.72 Å². The lowest BCUT2D eigenvalue weighted by Gasteiger charge is -2.15. The fraction of sp³-hybridized carbons (Fsp3) is 0.462. The predicted octanol–water partition coefficient (Wildman–Crippen LogP) is 3.67. The number of nitrogens with zero attached hydrogens (tertiary/aromatic N) is 3. The second-order valence-corrected chi connectivity index (χ2v) is 10.9. The highest BCUT2D eigenvalue weighted by molar-refractivity contribution is 7.89. The Morgan fingerprint density at radius 1 is 1.14 bits per heavy atom. The number of amides is 1. The van der Waals surface area contributed by atoms with Crippen molar-refractivity contribution in [2.24, 2.45) is 0 Å². The van der Waals surface area contributed by atoms with E-state index in [1.807, 2.05) is 37.3 Å². The van der Waals surface area contributed by atoms with E-state index in [0.29, 0.717) is 44.6 Å². The largest absolute Gasteiger partial charge is 0.492 e. The SMILES string of the molecule is CCCn1c(CCC(=O)NCCOc2cccc(C)c2)nc2cc(S(=O)(=O)N3CCCC3)ccc21. The number of aryl methyl sites for hydroxylation is 3. The van der Waals surface area contributed by atoms with Gasteiger partial charge in [-0.05, 0) is 62.1 Å². The summed E-state index contributed by atoms with van der Waals surface area (Å²) in [7, 11) is -3.50. The molecule has 1 aromatic heterocycles. The number of ether oxygens (including phenoxy) is 1. The van der Waals surface area contributed by atoms with Gasteiger partial charge >= 0.3 is 0 Å². The number of aromatic nitrogens is 2. The van der Waals surface area contributed by atoms with Crippen molar-refractivity contribution in [2.75, 3.05) is 26.2 Å². The Morgan fingerprint density at radius 3 is 2.69 bits per heavy atom. The molecular formula is C26H34N4O4S. The minimum Gasteiger partial charge on any atom is -0.492 e. The van der Waals surface area contributed by atoms with Crippen LogP contribution in [0.2, 0.25) is 0 Å². The Kier molecular flexibility index (Phi) is 8.07. The minimum absolute atomic E-state index is 0.0646. The summed E-state index contributed by atoms with van der Waals surface area (Å²) in [5.74, 6) is 1.52. The molecule has 0 bridgehead atoms. The van der Waals surface area contributed by atoms with Crippen molar-refractivity contribution in [2.45, 2.75) is 57.4 Å². The number of hydrogen-bond donors (Lipinski definition) is 1. The van der Waals surface area contributed by atoms with E-state index < -0.39 is 10.0 Å². The fourth-order valence-corrected chi connectivity index (χ4v) is 5.98. The molecule has 1 aliphatic heterocycles. The molecule has 9 heteroatoms. The van der Waals surface area contributed by atoms with E-state index in [9.17, 15) is 13.2 Å². The molecule has 1 aliphatic rings. The maximum absolute atomic E-state index is 13.0. The smallest absolute Gasteiger partial charge is 0.243 e. The van der Waals surface area contributed by atoms with E-state index in [-0.39, 0.29) is 10.8 Å². The molecule has 1 saturated heterocycles. The molecule has 0 atom stereocenters. The molecule has 8 nitrogen and oxygen atoms in total. The van der Waals surface area contributed by atoms with Crippen molar-refractivity contribution in [1.82, 2.24) is 19.2 Å². The number of fused-ring (bicyclic) bond motifs is 1. The molecule has 188 valence electrons. The quantitative estimate of drug-likeness (QED) is 0.407. The van der Waals surface area contributed by atoms with Crippen LogP contribution in [0.5, 0.6) is 5.75 Å². The molecule has 2 aromatic carbocycles. The van der Waals surface area contributed by atoms with Gasteiger partial charge in [-0.3, -0.25) is 4.79 Å². The van der Waals surface area contributed by atoms with Gasteiger partial charge in [-0.2, -0.15) is 4.31 Å². The van der Waals surface area contributed by atoms with E-state index in [2.05, 4.69) is 16.8 Å². The lowest BCUT2D eigenvalue weighted by atomic mass is 10.2. The zero-order chi connectivity index (χ0) is 24.8. The van der Waals surface area contributed by atoms with Gasteiger partial charge < -0.3 is 14.6 Å². The summed E-state index contributed by atoms with van der Waals surface area (Å²) >= 11 is 0. The van der Waals surface area contributed by atoms with Gasteiger partial charge in [-0.25, -0.2) is 13.4 Å². The Labute approximate surface area is 207 Å². The first-order chi connectivity index (χ1) is 16.9. The van der Waals surface area contributed by atoms with Crippen molar-refractivity contribution in [1.29, 1.82) is 0 Å². The summed E-state index contributed by atoms with van der Waals surface area (Å²) in [6, 6.07) is 13.0. The number of benzene rings is 2. The number of carbonyl (C=O) groups is 1. The van der Waals surface area contributed by atoms with Gasteiger partial charge in [0, 0.05) is 32.5 Å². The molecular weight excluding hydrogens is 464 g/mol. The molecule has 0 saturated carbocycles. The molecule has 0 unspecified atom stereocenters. The highest BCUT2D eigenvalue weighted by Gasteiger charge is 2.27. The molecule has 1 amide bonds. The molecule has 1 fully saturated rings. The third-order valence-electron chi connectivity index (χ3n) is 6.21. The van der Waals surface area contributed by atoms with Gasteiger partial charge in [0.05, 0.1) is 22.5 Å². The number of rotatable bonds is 11. The number of imidazole rings is 1. The highest BCUT2D eigenvalue weighted by atomic mass is 32.2. The number of carbonyl (C=O) groups excluding carboxylic acids is 1. The molecule has 35 heavy (non-hydrogen) atoms. The Morgan fingerprint density at radius 2 is 1.94 bits per heavy atom. The topological polar surface area (TPSA) is 93.5 Å². The lowest BCUT2D eigenvalue weighted by Crippen LogP contribution is -2.28. The summed E-state index contributed by atoms with van der Waals surface area (Å²) in [6.45, 7) is 6.82. The third-order valence-corrected chi connectivity index (χ3v) is 8.10. The van der Waals surface area contributed by atoms with E-state index in [1.54, 1.807) is 16.4 Å². The van der Waals surface area contributed by atoms with Crippen molar-refractivity contribution in [3.8, 4) is 5.75 Å². The van der Waals surface area contributed by atoms with Crippen molar-refractivity contribution >= 4 is 27.0 Å². The minimum atomic E-state index is -3.50. The molecule has 1 N–H and O–H groups in total. The van der Waals surface area contributed by atoms with E-state index >= 15 is 0 Å². The van der Waals surface area contributed by atoms with Crippen molar-refractivity contribution < 1.29 is 17.9 Å². The average Bonchev–Trinajstić information content (AvgIpc) is 3.50. The number of nitrogens with one attached hydrogen (secondary N) is 1. The lowest BCUT2D eigenvalue weighted by molar-refractivity contribution is -0.121. The maximum Gasteiger partial charge on any atom is 0.243 e. The maximum atomic E-state index is 13.0. The third kappa shape index (κ3) is 6.02. The van der Waals surface area contributed by atoms with Crippen molar-refractivity contribution in [3.05, 3.63) is 53.9 Å². The summed E-state index contributed by atoms with van der Waals surface area (Å²) in [5.41, 5.74) is 2.68. The van der Waals surface area contributed by atoms with Crippen LogP contribution in [0.25, 0.3) is 11.0 Å². The normalized spacial score (nSPS) is 14.5. The molecule has 4 rings (SSSR count). The van der Waals surface area contributed by atoms with Crippen LogP contribution in [-0.2, 0) is 27.8 Å². The van der Waals surface area contributed by atoms with E-state index in [0.717, 1.165) is 48.5 Å². The number of hydrogen-bond acceptors (Lipinski definition) is 5. The van der Waals surface area contributed by atoms with Crippen LogP contribution < -0.4 is 10.1 Å². The Bertz CT molecular complexity index is 1280. The predicted molar refractivity (Wildman–Crippen MR) is 136 cm³/mol. The first-order valence-corrected chi connectivity index (χ1v) is 13.8. The van der Waals surface area contributed by atoms with Gasteiger partial charge in [0.15, 0.2) is 0 Å². The number of sulfonamides is 1. The summed E-state index contributed by atoms with van der Waals surface area (Å²) in [4.78, 5) is 17.4. The van der Waals surface area contributed by atoms with Crippen molar-refractivity contribution in [3.63, 3.8) is 0 Å². The summed E-state index contributed by atoms with van der Waals surface area (Å²) in [6.07, 6.45) is 3.49. The zero-order valence-electron chi connectivity index (χ0n) is 20.5. The van der Waals surface area contributed by atoms with Gasteiger partial charge in [0.25, 0.3) is 0 Å². The average molecular weight is 499 g/mol. The van der Waals surface area contributed by atoms with Crippen LogP contribution in [0.1, 0.15) is 44.0 Å². The monoisotopic (exact) mass is 498 g/mol. The van der Waals surface area contributed by atoms with Crippen LogP contribution in [-0.4, -0.2) is 54.4 Å².